The van der Waals surface area contributed by atoms with Gasteiger partial charge in [-0.25, -0.2) is 4.79 Å². The summed E-state index contributed by atoms with van der Waals surface area (Å²) in [5, 5.41) is 8.82. The minimum atomic E-state index is -0.920. The highest BCUT2D eigenvalue weighted by Crippen LogP contribution is 2.24. The van der Waals surface area contributed by atoms with Gasteiger partial charge in [0.25, 0.3) is 5.56 Å². The van der Waals surface area contributed by atoms with Crippen molar-refractivity contribution in [2.75, 3.05) is 13.1 Å². The van der Waals surface area contributed by atoms with Crippen molar-refractivity contribution >= 4 is 5.97 Å². The summed E-state index contributed by atoms with van der Waals surface area (Å²) in [5.41, 5.74) is -0.455. The van der Waals surface area contributed by atoms with Gasteiger partial charge in [0.2, 0.25) is 0 Å². The molecule has 1 aliphatic heterocycles. The molecule has 1 fully saturated rings. The Hall–Kier alpha value is -1.89. The Labute approximate surface area is 103 Å². The number of nitrogens with zero attached hydrogens (tertiary/aromatic N) is 2. The molecule has 98 valence electrons. The zero-order valence-electron chi connectivity index (χ0n) is 10.0. The molecular formula is C11H15N3O4. The summed E-state index contributed by atoms with van der Waals surface area (Å²) >= 11 is 0. The second-order valence-corrected chi connectivity index (χ2v) is 4.47. The van der Waals surface area contributed by atoms with E-state index in [4.69, 9.17) is 5.11 Å². The molecule has 1 saturated heterocycles. The van der Waals surface area contributed by atoms with Crippen LogP contribution in [0.3, 0.4) is 0 Å². The Morgan fingerprint density at radius 3 is 2.94 bits per heavy atom. The normalized spacial score (nSPS) is 20.2. The second kappa shape index (κ2) is 4.77. The first-order valence-corrected chi connectivity index (χ1v) is 5.77. The zero-order chi connectivity index (χ0) is 13.3. The third kappa shape index (κ3) is 2.35. The van der Waals surface area contributed by atoms with E-state index in [0.29, 0.717) is 18.5 Å². The summed E-state index contributed by atoms with van der Waals surface area (Å²) in [6, 6.07) is 0. The van der Waals surface area contributed by atoms with E-state index in [1.807, 2.05) is 0 Å². The van der Waals surface area contributed by atoms with Crippen molar-refractivity contribution in [1.82, 2.24) is 14.5 Å². The monoisotopic (exact) mass is 253 g/mol. The average Bonchev–Trinajstić information content (AvgIpc) is 2.70. The van der Waals surface area contributed by atoms with Crippen molar-refractivity contribution in [1.29, 1.82) is 0 Å². The number of H-pyrrole nitrogens is 1. The number of nitrogens with one attached hydrogen (secondary N) is 1. The van der Waals surface area contributed by atoms with Crippen molar-refractivity contribution in [3.05, 3.63) is 32.6 Å². The van der Waals surface area contributed by atoms with Crippen LogP contribution in [-0.4, -0.2) is 38.6 Å². The summed E-state index contributed by atoms with van der Waals surface area (Å²) < 4.78 is 1.41. The van der Waals surface area contributed by atoms with E-state index in [-0.39, 0.29) is 12.7 Å². The van der Waals surface area contributed by atoms with E-state index < -0.39 is 17.2 Å². The second-order valence-electron chi connectivity index (χ2n) is 4.47. The number of carboxylic acid groups (broad SMARTS) is 1. The molecule has 1 aromatic rings. The number of aryl methyl sites for hydroxylation is 1. The molecule has 0 spiro atoms. The number of aromatic amines is 1. The van der Waals surface area contributed by atoms with Gasteiger partial charge < -0.3 is 5.11 Å². The summed E-state index contributed by atoms with van der Waals surface area (Å²) in [4.78, 5) is 37.7. The van der Waals surface area contributed by atoms with Crippen LogP contribution in [0, 0.1) is 6.92 Å². The van der Waals surface area contributed by atoms with E-state index in [1.54, 1.807) is 11.8 Å². The molecule has 1 atom stereocenters. The van der Waals surface area contributed by atoms with Crippen molar-refractivity contribution in [3.63, 3.8) is 0 Å². The van der Waals surface area contributed by atoms with Crippen LogP contribution < -0.4 is 11.2 Å². The minimum absolute atomic E-state index is 0.102. The van der Waals surface area contributed by atoms with E-state index in [0.717, 1.165) is 6.42 Å². The molecule has 1 unspecified atom stereocenters. The third-order valence-electron chi connectivity index (χ3n) is 3.13. The van der Waals surface area contributed by atoms with Crippen LogP contribution in [0.25, 0.3) is 0 Å². The van der Waals surface area contributed by atoms with Crippen molar-refractivity contribution in [3.8, 4) is 0 Å². The Kier molecular flexibility index (Phi) is 3.33. The zero-order valence-corrected chi connectivity index (χ0v) is 10.0. The van der Waals surface area contributed by atoms with E-state index in [9.17, 15) is 14.4 Å². The lowest BCUT2D eigenvalue weighted by Gasteiger charge is -2.24. The van der Waals surface area contributed by atoms with E-state index in [2.05, 4.69) is 4.98 Å². The third-order valence-corrected chi connectivity index (χ3v) is 3.13. The largest absolute Gasteiger partial charge is 0.480 e. The van der Waals surface area contributed by atoms with Gasteiger partial charge >= 0.3 is 11.7 Å². The Morgan fingerprint density at radius 2 is 2.28 bits per heavy atom. The Balaban J connectivity index is 2.36. The van der Waals surface area contributed by atoms with Crippen molar-refractivity contribution in [2.45, 2.75) is 25.9 Å². The van der Waals surface area contributed by atoms with Gasteiger partial charge in [-0.1, -0.05) is 0 Å². The topological polar surface area (TPSA) is 95.4 Å². The molecular weight excluding hydrogens is 238 g/mol. The van der Waals surface area contributed by atoms with Crippen LogP contribution in [0.5, 0.6) is 0 Å². The smallest absolute Gasteiger partial charge is 0.329 e. The van der Waals surface area contributed by atoms with Crippen LogP contribution in [0.15, 0.2) is 15.8 Å². The molecule has 2 heterocycles. The molecule has 0 amide bonds. The standard InChI is InChI=1S/C11H15N3O4/c1-7-5-14(11(18)12-10(7)17)8-3-2-4-13(8)6-9(15)16/h5,8H,2-4,6H2,1H3,(H,15,16)(H,12,17,18). The molecule has 18 heavy (non-hydrogen) atoms. The summed E-state index contributed by atoms with van der Waals surface area (Å²) in [7, 11) is 0. The molecule has 0 bridgehead atoms. The molecule has 7 nitrogen and oxygen atoms in total. The van der Waals surface area contributed by atoms with Crippen LogP contribution in [-0.2, 0) is 4.79 Å². The van der Waals surface area contributed by atoms with Gasteiger partial charge in [0.1, 0.15) is 0 Å². The highest BCUT2D eigenvalue weighted by molar-refractivity contribution is 5.69. The van der Waals surface area contributed by atoms with Gasteiger partial charge in [-0.15, -0.1) is 0 Å². The van der Waals surface area contributed by atoms with Crippen molar-refractivity contribution in [2.24, 2.45) is 0 Å². The Bertz CT molecular complexity index is 574. The summed E-state index contributed by atoms with van der Waals surface area (Å²) in [6.45, 7) is 2.15. The maximum Gasteiger partial charge on any atom is 0.329 e. The predicted molar refractivity (Wildman–Crippen MR) is 63.5 cm³/mol. The maximum absolute atomic E-state index is 11.7. The SMILES string of the molecule is Cc1cn(C2CCCN2CC(=O)O)c(=O)[nH]c1=O. The molecule has 2 rings (SSSR count). The minimum Gasteiger partial charge on any atom is -0.480 e. The lowest BCUT2D eigenvalue weighted by atomic mass is 10.3. The molecule has 1 aliphatic rings. The number of aliphatic carboxylic acids is 1. The molecule has 7 heteroatoms. The number of likely N-dealkylation sites (tertiary alicyclic amines) is 1. The fraction of sp³-hybridized carbons (Fsp3) is 0.545. The first-order chi connectivity index (χ1) is 8.49. The van der Waals surface area contributed by atoms with E-state index in [1.165, 1.54) is 10.8 Å². The number of hydrogen-bond acceptors (Lipinski definition) is 4. The van der Waals surface area contributed by atoms with Gasteiger partial charge in [-0.2, -0.15) is 0 Å². The predicted octanol–water partition coefficient (Wildman–Crippen LogP) is -0.476. The Morgan fingerprint density at radius 1 is 1.56 bits per heavy atom. The molecule has 1 aromatic heterocycles. The maximum atomic E-state index is 11.7. The molecule has 0 radical (unpaired) electrons. The first kappa shape index (κ1) is 12.6. The van der Waals surface area contributed by atoms with E-state index >= 15 is 0 Å². The molecule has 0 aliphatic carbocycles. The van der Waals surface area contributed by atoms with Crippen LogP contribution in [0.1, 0.15) is 24.6 Å². The lowest BCUT2D eigenvalue weighted by Crippen LogP contribution is -2.40. The molecule has 2 N–H and O–H groups in total. The number of hydrogen-bond donors (Lipinski definition) is 2. The van der Waals surface area contributed by atoms with Gasteiger partial charge in [0, 0.05) is 18.3 Å². The van der Waals surface area contributed by atoms with Gasteiger partial charge in [0.05, 0.1) is 12.7 Å². The lowest BCUT2D eigenvalue weighted by molar-refractivity contribution is -0.139. The molecule has 0 saturated carbocycles. The van der Waals surface area contributed by atoms with Gasteiger partial charge in [0.15, 0.2) is 0 Å². The van der Waals surface area contributed by atoms with Gasteiger partial charge in [-0.05, 0) is 19.8 Å². The number of carboxylic acids is 1. The number of carbonyl (C=O) groups is 1. The fourth-order valence-corrected chi connectivity index (χ4v) is 2.29. The van der Waals surface area contributed by atoms with Gasteiger partial charge in [-0.3, -0.25) is 24.0 Å². The first-order valence-electron chi connectivity index (χ1n) is 5.77. The quantitative estimate of drug-likeness (QED) is 0.759. The summed E-state index contributed by atoms with van der Waals surface area (Å²) in [6.07, 6.45) is 2.75. The highest BCUT2D eigenvalue weighted by Gasteiger charge is 2.28. The average molecular weight is 253 g/mol. The number of rotatable bonds is 3. The van der Waals surface area contributed by atoms with Crippen LogP contribution in [0.2, 0.25) is 0 Å². The van der Waals surface area contributed by atoms with Crippen LogP contribution in [0.4, 0.5) is 0 Å². The number of aromatic nitrogens is 2. The highest BCUT2D eigenvalue weighted by atomic mass is 16.4. The fourth-order valence-electron chi connectivity index (χ4n) is 2.29. The van der Waals surface area contributed by atoms with Crippen molar-refractivity contribution < 1.29 is 9.90 Å². The summed E-state index contributed by atoms with van der Waals surface area (Å²) in [5.74, 6) is -0.920. The van der Waals surface area contributed by atoms with Crippen LogP contribution >= 0.6 is 0 Å². The molecule has 0 aromatic carbocycles.